The van der Waals surface area contributed by atoms with Gasteiger partial charge < -0.3 is 4.98 Å². The monoisotopic (exact) mass is 315 g/mol. The number of aromatic nitrogens is 2. The fourth-order valence-corrected chi connectivity index (χ4v) is 2.80. The lowest BCUT2D eigenvalue weighted by atomic mass is 10.2. The summed E-state index contributed by atoms with van der Waals surface area (Å²) in [5.41, 5.74) is -0.893. The predicted octanol–water partition coefficient (Wildman–Crippen LogP) is 0.826. The summed E-state index contributed by atoms with van der Waals surface area (Å²) in [7, 11) is -4.12. The number of sulfonamides is 1. The minimum Gasteiger partial charge on any atom is -0.313 e. The molecule has 0 aliphatic rings. The average Bonchev–Trinajstić information content (AvgIpc) is 2.33. The second-order valence-corrected chi connectivity index (χ2v) is 6.09. The van der Waals surface area contributed by atoms with Crippen molar-refractivity contribution in [2.24, 2.45) is 0 Å². The van der Waals surface area contributed by atoms with Gasteiger partial charge >= 0.3 is 5.69 Å². The van der Waals surface area contributed by atoms with E-state index in [2.05, 4.69) is 9.71 Å². The molecule has 0 bridgehead atoms. The summed E-state index contributed by atoms with van der Waals surface area (Å²) in [6.45, 7) is 1.69. The van der Waals surface area contributed by atoms with Crippen molar-refractivity contribution in [2.75, 3.05) is 4.72 Å². The highest BCUT2D eigenvalue weighted by Gasteiger charge is 2.19. The molecule has 20 heavy (non-hydrogen) atoms. The zero-order chi connectivity index (χ0) is 14.9. The average molecular weight is 316 g/mol. The van der Waals surface area contributed by atoms with Crippen LogP contribution in [0.15, 0.2) is 38.9 Å². The normalized spacial score (nSPS) is 11.3. The summed E-state index contributed by atoms with van der Waals surface area (Å²) in [6, 6.07) is 4.67. The van der Waals surface area contributed by atoms with Crippen LogP contribution < -0.4 is 16.0 Å². The Morgan fingerprint density at radius 3 is 2.60 bits per heavy atom. The molecule has 0 saturated carbocycles. The number of aryl methyl sites for hydroxylation is 1. The van der Waals surface area contributed by atoms with Crippen LogP contribution in [-0.2, 0) is 10.0 Å². The molecule has 1 aromatic carbocycles. The molecule has 3 N–H and O–H groups in total. The third-order valence-corrected chi connectivity index (χ3v) is 4.12. The maximum atomic E-state index is 12.1. The number of nitrogens with one attached hydrogen (secondary N) is 3. The third kappa shape index (κ3) is 2.91. The van der Waals surface area contributed by atoms with Crippen LogP contribution in [-0.4, -0.2) is 18.4 Å². The fraction of sp³-hybridized carbons (Fsp3) is 0.0909. The van der Waals surface area contributed by atoms with Crippen LogP contribution >= 0.6 is 11.6 Å². The van der Waals surface area contributed by atoms with Gasteiger partial charge in [-0.25, -0.2) is 13.2 Å². The lowest BCUT2D eigenvalue weighted by Gasteiger charge is -2.10. The zero-order valence-corrected chi connectivity index (χ0v) is 11.8. The van der Waals surface area contributed by atoms with Gasteiger partial charge in [0.2, 0.25) is 0 Å². The smallest absolute Gasteiger partial charge is 0.313 e. The standard InChI is InChI=1S/C11H10ClN3O4S/c1-6-2-3-7(12)4-8(6)15-20(18,19)9-5-13-11(17)14-10(9)16/h2-5,15H,1H3,(H2,13,14,16,17). The van der Waals surface area contributed by atoms with Crippen molar-refractivity contribution in [1.82, 2.24) is 9.97 Å². The number of rotatable bonds is 3. The van der Waals surface area contributed by atoms with Crippen molar-refractivity contribution >= 4 is 27.3 Å². The van der Waals surface area contributed by atoms with E-state index in [0.29, 0.717) is 10.6 Å². The van der Waals surface area contributed by atoms with Gasteiger partial charge in [0.05, 0.1) is 5.69 Å². The third-order valence-electron chi connectivity index (χ3n) is 2.52. The van der Waals surface area contributed by atoms with Gasteiger partial charge in [0, 0.05) is 11.2 Å². The van der Waals surface area contributed by atoms with Gasteiger partial charge in [-0.1, -0.05) is 17.7 Å². The van der Waals surface area contributed by atoms with Crippen LogP contribution in [0.3, 0.4) is 0 Å². The molecule has 7 nitrogen and oxygen atoms in total. The first-order valence-corrected chi connectivity index (χ1v) is 7.27. The SMILES string of the molecule is Cc1ccc(Cl)cc1NS(=O)(=O)c1c[nH]c(=O)[nH]c1=O. The van der Waals surface area contributed by atoms with Crippen molar-refractivity contribution in [3.05, 3.63) is 55.8 Å². The number of benzene rings is 1. The molecule has 2 aromatic rings. The molecule has 0 amide bonds. The number of halogens is 1. The first-order valence-electron chi connectivity index (χ1n) is 5.40. The summed E-state index contributed by atoms with van der Waals surface area (Å²) in [5, 5.41) is 0.351. The highest BCUT2D eigenvalue weighted by molar-refractivity contribution is 7.92. The topological polar surface area (TPSA) is 112 Å². The first kappa shape index (κ1) is 14.4. The highest BCUT2D eigenvalue weighted by atomic mass is 35.5. The molecule has 0 aliphatic heterocycles. The van der Waals surface area contributed by atoms with Crippen molar-refractivity contribution in [3.8, 4) is 0 Å². The van der Waals surface area contributed by atoms with Crippen LogP contribution in [0, 0.1) is 6.92 Å². The molecule has 0 aliphatic carbocycles. The molecule has 0 saturated heterocycles. The second-order valence-electron chi connectivity index (χ2n) is 4.00. The minimum absolute atomic E-state index is 0.253. The van der Waals surface area contributed by atoms with E-state index in [4.69, 9.17) is 11.6 Å². The van der Waals surface area contributed by atoms with Crippen molar-refractivity contribution in [1.29, 1.82) is 0 Å². The predicted molar refractivity (Wildman–Crippen MR) is 74.7 cm³/mol. The Morgan fingerprint density at radius 1 is 1.25 bits per heavy atom. The molecule has 0 atom stereocenters. The summed E-state index contributed by atoms with van der Waals surface area (Å²) < 4.78 is 26.5. The fourth-order valence-electron chi connectivity index (χ4n) is 1.50. The molecule has 2 rings (SSSR count). The Labute approximate surface area is 118 Å². The quantitative estimate of drug-likeness (QED) is 0.778. The van der Waals surface area contributed by atoms with Crippen LogP contribution in [0.2, 0.25) is 5.02 Å². The van der Waals surface area contributed by atoms with Gasteiger partial charge in [-0.15, -0.1) is 0 Å². The molecule has 1 aromatic heterocycles. The Bertz CT molecular complexity index is 870. The lowest BCUT2D eigenvalue weighted by molar-refractivity contribution is 0.599. The van der Waals surface area contributed by atoms with E-state index in [0.717, 1.165) is 6.20 Å². The Morgan fingerprint density at radius 2 is 1.95 bits per heavy atom. The van der Waals surface area contributed by atoms with E-state index < -0.39 is 26.2 Å². The van der Waals surface area contributed by atoms with Crippen molar-refractivity contribution in [2.45, 2.75) is 11.8 Å². The number of anilines is 1. The van der Waals surface area contributed by atoms with E-state index >= 15 is 0 Å². The number of H-pyrrole nitrogens is 2. The maximum Gasteiger partial charge on any atom is 0.325 e. The Balaban J connectivity index is 2.49. The van der Waals surface area contributed by atoms with Gasteiger partial charge in [0.15, 0.2) is 4.90 Å². The molecular formula is C11H10ClN3O4S. The summed E-state index contributed by atoms with van der Waals surface area (Å²) in [4.78, 5) is 25.8. The molecule has 0 radical (unpaired) electrons. The molecule has 9 heteroatoms. The molecule has 0 fully saturated rings. The summed E-state index contributed by atoms with van der Waals surface area (Å²) >= 11 is 5.79. The number of hydrogen-bond donors (Lipinski definition) is 3. The van der Waals surface area contributed by atoms with Gasteiger partial charge in [-0.3, -0.25) is 14.5 Å². The lowest BCUT2D eigenvalue weighted by Crippen LogP contribution is -2.29. The van der Waals surface area contributed by atoms with E-state index in [1.165, 1.54) is 6.07 Å². The van der Waals surface area contributed by atoms with Crippen LogP contribution in [0.4, 0.5) is 5.69 Å². The molecule has 1 heterocycles. The molecule has 0 unspecified atom stereocenters. The molecule has 106 valence electrons. The van der Waals surface area contributed by atoms with Crippen LogP contribution in [0.25, 0.3) is 0 Å². The van der Waals surface area contributed by atoms with Crippen LogP contribution in [0.1, 0.15) is 5.56 Å². The largest absolute Gasteiger partial charge is 0.325 e. The van der Waals surface area contributed by atoms with Gasteiger partial charge in [-0.05, 0) is 24.6 Å². The van der Waals surface area contributed by atoms with Gasteiger partial charge in [-0.2, -0.15) is 0 Å². The van der Waals surface area contributed by atoms with Crippen molar-refractivity contribution in [3.63, 3.8) is 0 Å². The van der Waals surface area contributed by atoms with Crippen LogP contribution in [0.5, 0.6) is 0 Å². The number of aromatic amines is 2. The Hall–Kier alpha value is -2.06. The second kappa shape index (κ2) is 5.14. The maximum absolute atomic E-state index is 12.1. The summed E-state index contributed by atoms with van der Waals surface area (Å²) in [5.74, 6) is 0. The Kier molecular flexibility index (Phi) is 3.69. The highest BCUT2D eigenvalue weighted by Crippen LogP contribution is 2.22. The zero-order valence-electron chi connectivity index (χ0n) is 10.2. The number of hydrogen-bond acceptors (Lipinski definition) is 4. The van der Waals surface area contributed by atoms with Crippen molar-refractivity contribution < 1.29 is 8.42 Å². The first-order chi connectivity index (χ1) is 9.29. The molecular weight excluding hydrogens is 306 g/mol. The van der Waals surface area contributed by atoms with E-state index in [-0.39, 0.29) is 5.69 Å². The minimum atomic E-state index is -4.12. The summed E-state index contributed by atoms with van der Waals surface area (Å²) in [6.07, 6.45) is 0.837. The van der Waals surface area contributed by atoms with E-state index in [1.807, 2.05) is 4.98 Å². The van der Waals surface area contributed by atoms with E-state index in [1.54, 1.807) is 19.1 Å². The van der Waals surface area contributed by atoms with Gasteiger partial charge in [0.1, 0.15) is 0 Å². The molecule has 0 spiro atoms. The van der Waals surface area contributed by atoms with Gasteiger partial charge in [0.25, 0.3) is 15.6 Å². The van der Waals surface area contributed by atoms with E-state index in [9.17, 15) is 18.0 Å².